The number of amidine groups is 1. The highest BCUT2D eigenvalue weighted by molar-refractivity contribution is 8.14. The van der Waals surface area contributed by atoms with Crippen LogP contribution in [0.3, 0.4) is 0 Å². The van der Waals surface area contributed by atoms with Gasteiger partial charge in [0.2, 0.25) is 0 Å². The van der Waals surface area contributed by atoms with Crippen molar-refractivity contribution in [2.24, 2.45) is 10.7 Å². The Labute approximate surface area is 152 Å². The van der Waals surface area contributed by atoms with Crippen LogP contribution < -0.4 is 11.0 Å². The summed E-state index contributed by atoms with van der Waals surface area (Å²) in [4.78, 5) is 16.2. The van der Waals surface area contributed by atoms with Gasteiger partial charge in [0.15, 0.2) is 11.0 Å². The fourth-order valence-corrected chi connectivity index (χ4v) is 2.65. The molecule has 3 N–H and O–H groups in total. The summed E-state index contributed by atoms with van der Waals surface area (Å²) in [6.07, 6.45) is 0. The normalized spacial score (nSPS) is 11.4. The quantitative estimate of drug-likeness (QED) is 0.345. The molecule has 0 atom stereocenters. The van der Waals surface area contributed by atoms with E-state index in [1.54, 1.807) is 24.3 Å². The third kappa shape index (κ3) is 5.12. The summed E-state index contributed by atoms with van der Waals surface area (Å²) in [5, 5.41) is 20.2. The van der Waals surface area contributed by atoms with E-state index in [1.165, 1.54) is 18.2 Å². The molecule has 0 heterocycles. The first-order chi connectivity index (χ1) is 11.4. The zero-order valence-electron chi connectivity index (χ0n) is 12.1. The molecule has 0 radical (unpaired) electrons. The lowest BCUT2D eigenvalue weighted by Crippen LogP contribution is -2.11. The maximum absolute atomic E-state index is 12.1. The average Bonchev–Trinajstić information content (AvgIpc) is 2.55. The molecule has 126 valence electrons. The zero-order chi connectivity index (χ0) is 17.7. The number of aliphatic imine (C=N–C) groups is 1. The van der Waals surface area contributed by atoms with Crippen molar-refractivity contribution in [3.8, 4) is 0 Å². The summed E-state index contributed by atoms with van der Waals surface area (Å²) in [5.41, 5.74) is 6.61. The molecule has 0 aliphatic carbocycles. The van der Waals surface area contributed by atoms with Crippen molar-refractivity contribution in [3.05, 3.63) is 63.3 Å². The van der Waals surface area contributed by atoms with Crippen LogP contribution in [-0.2, 0) is 0 Å². The molecule has 0 aliphatic rings. The number of carbonyl (C=O) groups excluding carboxylic acids is 1. The molecule has 0 bridgehead atoms. The van der Waals surface area contributed by atoms with Gasteiger partial charge in [-0.25, -0.2) is 4.99 Å². The lowest BCUT2D eigenvalue weighted by Gasteiger charge is -2.21. The minimum atomic E-state index is -0.268. The van der Waals surface area contributed by atoms with Crippen LogP contribution in [-0.4, -0.2) is 21.9 Å². The summed E-state index contributed by atoms with van der Waals surface area (Å²) >= 11 is 12.7. The number of hydrogen-bond donors (Lipinski definition) is 2. The lowest BCUT2D eigenvalue weighted by molar-refractivity contribution is 0.102. The topological polar surface area (TPSA) is 102 Å². The molecule has 0 fully saturated rings. The number of thioether (sulfide) groups is 1. The van der Waals surface area contributed by atoms with Crippen molar-refractivity contribution in [1.29, 1.82) is 0 Å². The average molecular weight is 385 g/mol. The smallest absolute Gasteiger partial charge is 0.173 e. The maximum Gasteiger partial charge on any atom is 0.173 e. The summed E-state index contributed by atoms with van der Waals surface area (Å²) in [7, 11) is 0. The maximum atomic E-state index is 12.1. The molecule has 0 aliphatic heterocycles. The Balaban J connectivity index is 2.01. The first kappa shape index (κ1) is 18.6. The minimum absolute atomic E-state index is 0.0286. The van der Waals surface area contributed by atoms with Gasteiger partial charge in [0, 0.05) is 5.56 Å². The van der Waals surface area contributed by atoms with Gasteiger partial charge in [0.1, 0.15) is 0 Å². The Morgan fingerprint density at radius 2 is 2.00 bits per heavy atom. The highest BCUT2D eigenvalue weighted by Crippen LogP contribution is 2.24. The predicted molar refractivity (Wildman–Crippen MR) is 98.6 cm³/mol. The molecule has 2 aromatic rings. The summed E-state index contributed by atoms with van der Waals surface area (Å²) < 4.78 is 0. The van der Waals surface area contributed by atoms with E-state index in [1.807, 2.05) is 0 Å². The summed E-state index contributed by atoms with van der Waals surface area (Å²) in [6.45, 7) is 0. The third-order valence-electron chi connectivity index (χ3n) is 2.88. The molecule has 0 saturated carbocycles. The van der Waals surface area contributed by atoms with E-state index in [-0.39, 0.29) is 27.6 Å². The second-order valence-electron chi connectivity index (χ2n) is 4.58. The molecule has 6 nitrogen and oxygen atoms in total. The van der Waals surface area contributed by atoms with Crippen molar-refractivity contribution >= 4 is 57.3 Å². The molecule has 9 heteroatoms. The zero-order valence-corrected chi connectivity index (χ0v) is 14.5. The number of anilines is 1. The van der Waals surface area contributed by atoms with Gasteiger partial charge in [-0.3, -0.25) is 10.0 Å². The van der Waals surface area contributed by atoms with E-state index in [0.717, 1.165) is 11.8 Å². The number of halogens is 2. The van der Waals surface area contributed by atoms with Gasteiger partial charge >= 0.3 is 0 Å². The molecular weight excluding hydrogens is 373 g/mol. The fraction of sp³-hybridized carbons (Fsp3) is 0.0667. The van der Waals surface area contributed by atoms with Gasteiger partial charge in [-0.1, -0.05) is 41.0 Å². The SMILES string of the molecule is NC(=Nc1cccc(N([O-])O)c1)SCC(=O)c1ccc(Cl)c(Cl)c1. The molecule has 2 aromatic carbocycles. The highest BCUT2D eigenvalue weighted by Gasteiger charge is 2.09. The minimum Gasteiger partial charge on any atom is -0.733 e. The van der Waals surface area contributed by atoms with Crippen molar-refractivity contribution < 1.29 is 10.0 Å². The van der Waals surface area contributed by atoms with Gasteiger partial charge in [-0.15, -0.1) is 0 Å². The Morgan fingerprint density at radius 1 is 1.25 bits per heavy atom. The van der Waals surface area contributed by atoms with Gasteiger partial charge in [0.05, 0.1) is 27.2 Å². The monoisotopic (exact) mass is 384 g/mol. The molecule has 2 rings (SSSR count). The second kappa shape index (κ2) is 8.36. The van der Waals surface area contributed by atoms with Crippen LogP contribution in [0.4, 0.5) is 11.4 Å². The van der Waals surface area contributed by atoms with E-state index in [0.29, 0.717) is 21.3 Å². The van der Waals surface area contributed by atoms with Crippen LogP contribution >= 0.6 is 35.0 Å². The lowest BCUT2D eigenvalue weighted by atomic mass is 10.1. The number of rotatable bonds is 5. The summed E-state index contributed by atoms with van der Waals surface area (Å²) in [6, 6.07) is 10.6. The van der Waals surface area contributed by atoms with Crippen LogP contribution in [0.25, 0.3) is 0 Å². The Bertz CT molecular complexity index is 784. The molecule has 0 aromatic heterocycles. The first-order valence-corrected chi connectivity index (χ1v) is 8.32. The van der Waals surface area contributed by atoms with Crippen molar-refractivity contribution in [2.75, 3.05) is 11.0 Å². The predicted octanol–water partition coefficient (Wildman–Crippen LogP) is 4.25. The number of nitrogens with two attached hydrogens (primary N) is 1. The molecule has 0 spiro atoms. The van der Waals surface area contributed by atoms with Gasteiger partial charge in [-0.05, 0) is 36.4 Å². The Hall–Kier alpha value is -1.77. The van der Waals surface area contributed by atoms with Crippen LogP contribution in [0.15, 0.2) is 47.5 Å². The molecule has 0 unspecified atom stereocenters. The number of Topliss-reactive ketones (excluding diaryl/α,β-unsaturated/α-hetero) is 1. The number of ketones is 1. The number of nitrogens with zero attached hydrogens (tertiary/aromatic N) is 2. The van der Waals surface area contributed by atoms with Gasteiger partial charge in [-0.2, -0.15) is 0 Å². The van der Waals surface area contributed by atoms with Crippen LogP contribution in [0, 0.1) is 5.21 Å². The Kier molecular flexibility index (Phi) is 6.47. The first-order valence-electron chi connectivity index (χ1n) is 6.58. The van der Waals surface area contributed by atoms with Gasteiger partial charge in [0.25, 0.3) is 0 Å². The van der Waals surface area contributed by atoms with E-state index < -0.39 is 0 Å². The number of hydrogen-bond acceptors (Lipinski definition) is 6. The van der Waals surface area contributed by atoms with Crippen molar-refractivity contribution in [2.45, 2.75) is 0 Å². The highest BCUT2D eigenvalue weighted by atomic mass is 35.5. The molecule has 0 saturated heterocycles. The van der Waals surface area contributed by atoms with E-state index in [4.69, 9.17) is 34.1 Å². The largest absolute Gasteiger partial charge is 0.733 e. The van der Waals surface area contributed by atoms with Crippen LogP contribution in [0.2, 0.25) is 10.0 Å². The van der Waals surface area contributed by atoms with Gasteiger partial charge < -0.3 is 16.2 Å². The van der Waals surface area contributed by atoms with Crippen LogP contribution in [0.5, 0.6) is 0 Å². The van der Waals surface area contributed by atoms with E-state index in [2.05, 4.69) is 4.99 Å². The number of carbonyl (C=O) groups is 1. The molecule has 0 amide bonds. The summed E-state index contributed by atoms with van der Waals surface area (Å²) in [5.74, 6) is -0.104. The molecular formula is C15H12Cl2N3O3S-. The van der Waals surface area contributed by atoms with E-state index >= 15 is 0 Å². The van der Waals surface area contributed by atoms with Crippen LogP contribution in [0.1, 0.15) is 10.4 Å². The molecule has 24 heavy (non-hydrogen) atoms. The Morgan fingerprint density at radius 3 is 2.67 bits per heavy atom. The standard InChI is InChI=1S/C15H12Cl2N3O3S/c16-12-5-4-9(6-13(12)17)14(21)8-24-15(18)19-10-2-1-3-11(7-10)20(22)23/h1-7,22H,8H2,(H2,18,19)/q-1. The van der Waals surface area contributed by atoms with E-state index in [9.17, 15) is 10.0 Å². The van der Waals surface area contributed by atoms with Crippen molar-refractivity contribution in [3.63, 3.8) is 0 Å². The fourth-order valence-electron chi connectivity index (χ4n) is 1.73. The van der Waals surface area contributed by atoms with Crippen molar-refractivity contribution in [1.82, 2.24) is 0 Å². The second-order valence-corrected chi connectivity index (χ2v) is 6.39. The third-order valence-corrected chi connectivity index (χ3v) is 4.42. The number of benzene rings is 2.